The Morgan fingerprint density at radius 2 is 1.91 bits per heavy atom. The van der Waals surface area contributed by atoms with Gasteiger partial charge in [-0.15, -0.1) is 0 Å². The highest BCUT2D eigenvalue weighted by Gasteiger charge is 2.29. The van der Waals surface area contributed by atoms with Crippen molar-refractivity contribution in [2.75, 3.05) is 18.1 Å². The number of alkyl halides is 3. The Morgan fingerprint density at radius 3 is 2.53 bits per heavy atom. The van der Waals surface area contributed by atoms with Crippen LogP contribution in [0.5, 0.6) is 5.88 Å². The van der Waals surface area contributed by atoms with Gasteiger partial charge in [0.1, 0.15) is 23.7 Å². The minimum Gasteiger partial charge on any atom is -0.475 e. The summed E-state index contributed by atoms with van der Waals surface area (Å²) in [6.45, 7) is 9.99. The third kappa shape index (κ3) is 6.25. The molecule has 184 valence electrons. The third-order valence-electron chi connectivity index (χ3n) is 4.75. The lowest BCUT2D eigenvalue weighted by molar-refractivity contribution is -0.156. The Labute approximate surface area is 200 Å². The standard InChI is InChI=1S/C19H19ClN4O2.C2HF3O.C2H6/c1-3-6-23-10-12(2)14-9-13(4-5-15(14)23)24-7-8-26-18-16(19(24)25)17(20)21-11-22-18;3-2(4,5)1-6;1-2/h4-5,9-11H,3,6-8H2,1-2H3;1H;1-2H3. The summed E-state index contributed by atoms with van der Waals surface area (Å²) in [6, 6.07) is 6.09. The van der Waals surface area contributed by atoms with Crippen LogP contribution in [0.1, 0.15) is 43.1 Å². The molecular formula is C23H26ClF3N4O3. The van der Waals surface area contributed by atoms with Gasteiger partial charge in [-0.2, -0.15) is 13.2 Å². The number of aryl methyl sites for hydroxylation is 2. The number of benzene rings is 1. The predicted molar refractivity (Wildman–Crippen MR) is 125 cm³/mol. The molecule has 0 N–H and O–H groups in total. The zero-order chi connectivity index (χ0) is 25.5. The summed E-state index contributed by atoms with van der Waals surface area (Å²) in [4.78, 5) is 31.4. The molecule has 1 aliphatic heterocycles. The lowest BCUT2D eigenvalue weighted by Gasteiger charge is -2.20. The summed E-state index contributed by atoms with van der Waals surface area (Å²) in [7, 11) is 0. The van der Waals surface area contributed by atoms with E-state index in [1.54, 1.807) is 4.90 Å². The molecule has 0 spiro atoms. The highest BCUT2D eigenvalue weighted by molar-refractivity contribution is 6.33. The first-order valence-electron chi connectivity index (χ1n) is 10.7. The van der Waals surface area contributed by atoms with Gasteiger partial charge in [-0.05, 0) is 37.1 Å². The van der Waals surface area contributed by atoms with Gasteiger partial charge in [0.15, 0.2) is 0 Å². The number of fused-ring (bicyclic) bond motifs is 2. The molecule has 0 radical (unpaired) electrons. The molecule has 7 nitrogen and oxygen atoms in total. The largest absolute Gasteiger partial charge is 0.475 e. The summed E-state index contributed by atoms with van der Waals surface area (Å²) in [5, 5.41) is 1.25. The van der Waals surface area contributed by atoms with Crippen LogP contribution in [0.25, 0.3) is 10.9 Å². The number of aromatic nitrogens is 3. The van der Waals surface area contributed by atoms with Gasteiger partial charge >= 0.3 is 6.18 Å². The molecule has 1 amide bonds. The van der Waals surface area contributed by atoms with Gasteiger partial charge in [0.25, 0.3) is 5.91 Å². The molecule has 3 heterocycles. The Bertz CT molecular complexity index is 1150. The molecule has 0 saturated heterocycles. The summed E-state index contributed by atoms with van der Waals surface area (Å²) in [5.41, 5.74) is 3.40. The number of ether oxygens (including phenoxy) is 1. The van der Waals surface area contributed by atoms with E-state index in [2.05, 4.69) is 46.7 Å². The second-order valence-electron chi connectivity index (χ2n) is 7.02. The van der Waals surface area contributed by atoms with Gasteiger partial charge in [0.2, 0.25) is 12.2 Å². The highest BCUT2D eigenvalue weighted by atomic mass is 35.5. The van der Waals surface area contributed by atoms with Crippen LogP contribution >= 0.6 is 11.6 Å². The van der Waals surface area contributed by atoms with Crippen molar-refractivity contribution in [1.82, 2.24) is 14.5 Å². The van der Waals surface area contributed by atoms with Crippen LogP contribution in [0.3, 0.4) is 0 Å². The van der Waals surface area contributed by atoms with Crippen molar-refractivity contribution in [3.63, 3.8) is 0 Å². The van der Waals surface area contributed by atoms with E-state index >= 15 is 0 Å². The number of carbonyl (C=O) groups is 2. The van der Waals surface area contributed by atoms with Gasteiger partial charge in [-0.3, -0.25) is 9.59 Å². The Kier molecular flexibility index (Phi) is 9.43. The maximum atomic E-state index is 13.1. The number of amides is 1. The highest BCUT2D eigenvalue weighted by Crippen LogP contribution is 2.31. The first kappa shape index (κ1) is 27.1. The molecule has 0 atom stereocenters. The van der Waals surface area contributed by atoms with Crippen LogP contribution in [0.2, 0.25) is 5.15 Å². The number of hydrogen-bond donors (Lipinski definition) is 0. The average molecular weight is 499 g/mol. The number of halogens is 4. The first-order chi connectivity index (χ1) is 16.2. The zero-order valence-electron chi connectivity index (χ0n) is 19.3. The van der Waals surface area contributed by atoms with Gasteiger partial charge in [-0.25, -0.2) is 9.97 Å². The minimum absolute atomic E-state index is 0.109. The van der Waals surface area contributed by atoms with Crippen LogP contribution in [0.15, 0.2) is 30.7 Å². The summed E-state index contributed by atoms with van der Waals surface area (Å²) < 4.78 is 39.1. The first-order valence-corrected chi connectivity index (χ1v) is 11.1. The van der Waals surface area contributed by atoms with Crippen molar-refractivity contribution in [3.05, 3.63) is 47.0 Å². The van der Waals surface area contributed by atoms with Gasteiger partial charge in [0.05, 0.1) is 6.54 Å². The predicted octanol–water partition coefficient (Wildman–Crippen LogP) is 5.62. The zero-order valence-corrected chi connectivity index (χ0v) is 20.1. The van der Waals surface area contributed by atoms with E-state index in [0.717, 1.165) is 24.0 Å². The molecule has 0 aliphatic carbocycles. The van der Waals surface area contributed by atoms with E-state index in [1.165, 1.54) is 17.4 Å². The number of hydrogen-bond acceptors (Lipinski definition) is 5. The number of aldehydes is 1. The molecule has 1 aliphatic rings. The second-order valence-corrected chi connectivity index (χ2v) is 7.37. The average Bonchev–Trinajstić information content (AvgIpc) is 3.01. The monoisotopic (exact) mass is 498 g/mol. The SMILES string of the molecule is CC.CCCn1cc(C)c2cc(N3CCOc4ncnc(Cl)c4C3=O)ccc21.O=CC(F)(F)F. The van der Waals surface area contributed by atoms with Crippen molar-refractivity contribution < 1.29 is 27.5 Å². The summed E-state index contributed by atoms with van der Waals surface area (Å²) in [6.07, 6.45) is -1.17. The van der Waals surface area contributed by atoms with Crippen molar-refractivity contribution in [2.24, 2.45) is 0 Å². The molecule has 1 aromatic carbocycles. The molecule has 0 bridgehead atoms. The molecule has 11 heteroatoms. The molecule has 34 heavy (non-hydrogen) atoms. The number of nitrogens with zero attached hydrogens (tertiary/aromatic N) is 4. The maximum Gasteiger partial charge on any atom is 0.446 e. The van der Waals surface area contributed by atoms with E-state index in [4.69, 9.17) is 21.1 Å². The van der Waals surface area contributed by atoms with Crippen molar-refractivity contribution in [1.29, 1.82) is 0 Å². The van der Waals surface area contributed by atoms with Gasteiger partial charge in [0, 0.05) is 29.3 Å². The van der Waals surface area contributed by atoms with Crippen LogP contribution in [-0.2, 0) is 11.3 Å². The molecular weight excluding hydrogens is 473 g/mol. The Balaban J connectivity index is 0.000000447. The number of anilines is 1. The molecule has 4 rings (SSSR count). The van der Waals surface area contributed by atoms with Crippen LogP contribution in [-0.4, -0.2) is 46.1 Å². The molecule has 3 aromatic rings. The van der Waals surface area contributed by atoms with Gasteiger partial charge in [-0.1, -0.05) is 32.4 Å². The topological polar surface area (TPSA) is 77.3 Å². The fourth-order valence-electron chi connectivity index (χ4n) is 3.41. The second kappa shape index (κ2) is 11.8. The van der Waals surface area contributed by atoms with E-state index in [9.17, 15) is 18.0 Å². The van der Waals surface area contributed by atoms with Crippen LogP contribution in [0.4, 0.5) is 18.9 Å². The molecule has 0 unspecified atom stereocenters. The fourth-order valence-corrected chi connectivity index (χ4v) is 3.62. The van der Waals surface area contributed by atoms with E-state index in [0.29, 0.717) is 13.2 Å². The van der Waals surface area contributed by atoms with E-state index in [1.807, 2.05) is 19.9 Å². The maximum absolute atomic E-state index is 13.1. The Morgan fingerprint density at radius 1 is 1.24 bits per heavy atom. The summed E-state index contributed by atoms with van der Waals surface area (Å²) in [5.74, 6) is -0.00282. The fraction of sp³-hybridized carbons (Fsp3) is 0.391. The minimum atomic E-state index is -4.64. The van der Waals surface area contributed by atoms with Crippen molar-refractivity contribution >= 4 is 40.4 Å². The quantitative estimate of drug-likeness (QED) is 0.346. The molecule has 0 fully saturated rings. The lowest BCUT2D eigenvalue weighted by atomic mass is 10.1. The molecule has 0 saturated carbocycles. The van der Waals surface area contributed by atoms with Crippen LogP contribution < -0.4 is 9.64 Å². The summed E-state index contributed by atoms with van der Waals surface area (Å²) >= 11 is 6.14. The number of rotatable bonds is 3. The van der Waals surface area contributed by atoms with Gasteiger partial charge < -0.3 is 14.2 Å². The van der Waals surface area contributed by atoms with Crippen LogP contribution in [0, 0.1) is 6.92 Å². The number of carbonyl (C=O) groups excluding carboxylic acids is 2. The normalized spacial score (nSPS) is 13.1. The smallest absolute Gasteiger partial charge is 0.446 e. The van der Waals surface area contributed by atoms with Crippen molar-refractivity contribution in [2.45, 2.75) is 46.8 Å². The van der Waals surface area contributed by atoms with E-state index < -0.39 is 12.5 Å². The molecule has 2 aromatic heterocycles. The lowest BCUT2D eigenvalue weighted by Crippen LogP contribution is -2.32. The van der Waals surface area contributed by atoms with E-state index in [-0.39, 0.29) is 22.5 Å². The third-order valence-corrected chi connectivity index (χ3v) is 5.04. The van der Waals surface area contributed by atoms with Crippen molar-refractivity contribution in [3.8, 4) is 5.88 Å². The Hall–Kier alpha value is -3.14.